The molecular formula is C14H17N3O. The number of piperidine rings is 1. The van der Waals surface area contributed by atoms with Gasteiger partial charge in [0.25, 0.3) is 0 Å². The molecule has 2 aromatic rings. The van der Waals surface area contributed by atoms with Crippen LogP contribution in [0.15, 0.2) is 42.7 Å². The van der Waals surface area contributed by atoms with Crippen LogP contribution in [0.2, 0.25) is 0 Å². The molecule has 0 atom stereocenters. The first-order valence-corrected chi connectivity index (χ1v) is 6.39. The van der Waals surface area contributed by atoms with E-state index in [9.17, 15) is 0 Å². The fraction of sp³-hybridized carbons (Fsp3) is 0.357. The van der Waals surface area contributed by atoms with E-state index in [0.717, 1.165) is 37.4 Å². The van der Waals surface area contributed by atoms with Gasteiger partial charge in [-0.3, -0.25) is 0 Å². The maximum atomic E-state index is 5.96. The number of hydrogen-bond donors (Lipinski definition) is 1. The van der Waals surface area contributed by atoms with E-state index < -0.39 is 0 Å². The van der Waals surface area contributed by atoms with Crippen molar-refractivity contribution in [2.45, 2.75) is 18.9 Å². The van der Waals surface area contributed by atoms with Crippen molar-refractivity contribution in [3.05, 3.63) is 42.7 Å². The van der Waals surface area contributed by atoms with Gasteiger partial charge in [0.05, 0.1) is 5.69 Å². The summed E-state index contributed by atoms with van der Waals surface area (Å²) in [5.41, 5.74) is 1.05. The molecule has 0 spiro atoms. The van der Waals surface area contributed by atoms with Gasteiger partial charge in [-0.05, 0) is 56.3 Å². The van der Waals surface area contributed by atoms with Crippen molar-refractivity contribution in [3.8, 4) is 11.4 Å². The van der Waals surface area contributed by atoms with Crippen molar-refractivity contribution in [2.24, 2.45) is 0 Å². The van der Waals surface area contributed by atoms with Crippen LogP contribution in [0.25, 0.3) is 5.69 Å². The van der Waals surface area contributed by atoms with E-state index in [0.29, 0.717) is 6.10 Å². The summed E-state index contributed by atoms with van der Waals surface area (Å²) in [5.74, 6) is 0.942. The van der Waals surface area contributed by atoms with E-state index >= 15 is 0 Å². The second-order valence-electron chi connectivity index (χ2n) is 4.51. The number of hydrogen-bond acceptors (Lipinski definition) is 3. The first-order valence-electron chi connectivity index (χ1n) is 6.39. The fourth-order valence-corrected chi connectivity index (χ4v) is 2.20. The van der Waals surface area contributed by atoms with Gasteiger partial charge in [-0.25, -0.2) is 4.68 Å². The molecule has 3 rings (SSSR count). The van der Waals surface area contributed by atoms with E-state index in [1.165, 1.54) is 0 Å². The SMILES string of the molecule is c1cnn(-c2ccc(OC3CCNCC3)cc2)c1. The minimum atomic E-state index is 0.349. The summed E-state index contributed by atoms with van der Waals surface area (Å²) in [7, 11) is 0. The minimum absolute atomic E-state index is 0.349. The zero-order valence-corrected chi connectivity index (χ0v) is 10.2. The van der Waals surface area contributed by atoms with Crippen molar-refractivity contribution in [1.29, 1.82) is 0 Å². The summed E-state index contributed by atoms with van der Waals surface area (Å²) in [4.78, 5) is 0. The summed E-state index contributed by atoms with van der Waals surface area (Å²) < 4.78 is 7.80. The Morgan fingerprint density at radius 2 is 1.94 bits per heavy atom. The van der Waals surface area contributed by atoms with Crippen LogP contribution in [-0.4, -0.2) is 29.0 Å². The molecule has 1 aliphatic rings. The number of nitrogens with zero attached hydrogens (tertiary/aromatic N) is 2. The van der Waals surface area contributed by atoms with Crippen LogP contribution in [0, 0.1) is 0 Å². The van der Waals surface area contributed by atoms with Gasteiger partial charge in [0.2, 0.25) is 0 Å². The lowest BCUT2D eigenvalue weighted by Gasteiger charge is -2.23. The van der Waals surface area contributed by atoms with Gasteiger partial charge in [-0.15, -0.1) is 0 Å². The van der Waals surface area contributed by atoms with Crippen molar-refractivity contribution in [1.82, 2.24) is 15.1 Å². The first-order chi connectivity index (χ1) is 8.92. The molecule has 1 aliphatic heterocycles. The molecule has 0 aliphatic carbocycles. The summed E-state index contributed by atoms with van der Waals surface area (Å²) in [6, 6.07) is 10.0. The van der Waals surface area contributed by atoms with Crippen LogP contribution < -0.4 is 10.1 Å². The molecule has 0 radical (unpaired) electrons. The molecule has 1 saturated heterocycles. The first kappa shape index (κ1) is 11.3. The van der Waals surface area contributed by atoms with E-state index in [1.54, 1.807) is 6.20 Å². The highest BCUT2D eigenvalue weighted by atomic mass is 16.5. The quantitative estimate of drug-likeness (QED) is 0.896. The normalized spacial score (nSPS) is 16.7. The molecule has 0 amide bonds. The molecule has 4 heteroatoms. The number of rotatable bonds is 3. The Labute approximate surface area is 107 Å². The van der Waals surface area contributed by atoms with Gasteiger partial charge in [-0.2, -0.15) is 5.10 Å². The topological polar surface area (TPSA) is 39.1 Å². The third-order valence-corrected chi connectivity index (χ3v) is 3.19. The van der Waals surface area contributed by atoms with Crippen molar-refractivity contribution in [2.75, 3.05) is 13.1 Å². The molecule has 1 aromatic carbocycles. The number of ether oxygens (including phenoxy) is 1. The summed E-state index contributed by atoms with van der Waals surface area (Å²) >= 11 is 0. The Morgan fingerprint density at radius 3 is 2.61 bits per heavy atom. The largest absolute Gasteiger partial charge is 0.490 e. The maximum Gasteiger partial charge on any atom is 0.119 e. The molecule has 1 N–H and O–H groups in total. The lowest BCUT2D eigenvalue weighted by Crippen LogP contribution is -2.34. The second kappa shape index (κ2) is 5.23. The molecule has 1 fully saturated rings. The van der Waals surface area contributed by atoms with Crippen LogP contribution in [0.4, 0.5) is 0 Å². The van der Waals surface area contributed by atoms with Gasteiger partial charge in [0, 0.05) is 12.4 Å². The molecule has 18 heavy (non-hydrogen) atoms. The van der Waals surface area contributed by atoms with Gasteiger partial charge in [0.15, 0.2) is 0 Å². The second-order valence-corrected chi connectivity index (χ2v) is 4.51. The Bertz CT molecular complexity index is 472. The van der Waals surface area contributed by atoms with Gasteiger partial charge in [-0.1, -0.05) is 0 Å². The monoisotopic (exact) mass is 243 g/mol. The maximum absolute atomic E-state index is 5.96. The molecule has 2 heterocycles. The summed E-state index contributed by atoms with van der Waals surface area (Å²) in [6.45, 7) is 2.10. The highest BCUT2D eigenvalue weighted by Gasteiger charge is 2.14. The lowest BCUT2D eigenvalue weighted by molar-refractivity contribution is 0.162. The number of benzene rings is 1. The standard InChI is InChI=1S/C14H17N3O/c1-8-16-17(11-1)12-2-4-13(5-3-12)18-14-6-9-15-10-7-14/h1-5,8,11,14-15H,6-7,9-10H2. The predicted molar refractivity (Wildman–Crippen MR) is 70.1 cm³/mol. The molecule has 94 valence electrons. The van der Waals surface area contributed by atoms with Gasteiger partial charge in [0.1, 0.15) is 11.9 Å². The van der Waals surface area contributed by atoms with E-state index in [-0.39, 0.29) is 0 Å². The Balaban J connectivity index is 1.67. The Morgan fingerprint density at radius 1 is 1.17 bits per heavy atom. The highest BCUT2D eigenvalue weighted by Crippen LogP contribution is 2.18. The van der Waals surface area contributed by atoms with E-state index in [4.69, 9.17) is 4.74 Å². The zero-order valence-electron chi connectivity index (χ0n) is 10.2. The molecule has 0 unspecified atom stereocenters. The molecule has 1 aromatic heterocycles. The summed E-state index contributed by atoms with van der Waals surface area (Å²) in [5, 5.41) is 7.54. The Kier molecular flexibility index (Phi) is 3.28. The average molecular weight is 243 g/mol. The number of aromatic nitrogens is 2. The van der Waals surface area contributed by atoms with Gasteiger partial charge < -0.3 is 10.1 Å². The molecule has 4 nitrogen and oxygen atoms in total. The smallest absolute Gasteiger partial charge is 0.119 e. The third kappa shape index (κ3) is 2.54. The van der Waals surface area contributed by atoms with Crippen LogP contribution in [0.3, 0.4) is 0 Å². The van der Waals surface area contributed by atoms with Crippen LogP contribution >= 0.6 is 0 Å². The van der Waals surface area contributed by atoms with Gasteiger partial charge >= 0.3 is 0 Å². The molecule has 0 saturated carbocycles. The third-order valence-electron chi connectivity index (χ3n) is 3.19. The van der Waals surface area contributed by atoms with E-state index in [1.807, 2.05) is 41.2 Å². The van der Waals surface area contributed by atoms with Crippen LogP contribution in [0.5, 0.6) is 5.75 Å². The summed E-state index contributed by atoms with van der Waals surface area (Å²) in [6.07, 6.45) is 6.23. The minimum Gasteiger partial charge on any atom is -0.490 e. The van der Waals surface area contributed by atoms with Crippen LogP contribution in [-0.2, 0) is 0 Å². The molecule has 0 bridgehead atoms. The van der Waals surface area contributed by atoms with E-state index in [2.05, 4.69) is 10.4 Å². The fourth-order valence-electron chi connectivity index (χ4n) is 2.20. The zero-order chi connectivity index (χ0) is 12.2. The van der Waals surface area contributed by atoms with Crippen molar-refractivity contribution < 1.29 is 4.74 Å². The van der Waals surface area contributed by atoms with Crippen molar-refractivity contribution >= 4 is 0 Å². The molecular weight excluding hydrogens is 226 g/mol. The lowest BCUT2D eigenvalue weighted by atomic mass is 10.1. The Hall–Kier alpha value is -1.81. The predicted octanol–water partition coefficient (Wildman–Crippen LogP) is 2.00. The highest BCUT2D eigenvalue weighted by molar-refractivity contribution is 5.36. The van der Waals surface area contributed by atoms with Crippen molar-refractivity contribution in [3.63, 3.8) is 0 Å². The number of nitrogens with one attached hydrogen (secondary N) is 1. The van der Waals surface area contributed by atoms with Crippen LogP contribution in [0.1, 0.15) is 12.8 Å². The average Bonchev–Trinajstić information content (AvgIpc) is 2.95.